The fraction of sp³-hybridized carbons (Fsp3) is 0.623. The molecule has 16 nitrogen and oxygen atoms in total. The maximum Gasteiger partial charge on any atom is 0.347 e. The van der Waals surface area contributed by atoms with Crippen molar-refractivity contribution in [2.75, 3.05) is 19.8 Å². The molecule has 0 spiro atoms. The number of benzene rings is 3. The van der Waals surface area contributed by atoms with Gasteiger partial charge in [-0.1, -0.05) is 107 Å². The van der Waals surface area contributed by atoms with Crippen molar-refractivity contribution in [1.82, 2.24) is 0 Å². The van der Waals surface area contributed by atoms with E-state index in [1.165, 1.54) is 31.2 Å². The molecule has 4 fully saturated rings. The van der Waals surface area contributed by atoms with Gasteiger partial charge in [0.25, 0.3) is 9.15 Å². The van der Waals surface area contributed by atoms with Crippen LogP contribution in [-0.4, -0.2) is 101 Å². The van der Waals surface area contributed by atoms with Gasteiger partial charge in [-0.05, 0) is 166 Å². The molecule has 7 rings (SSSR count). The number of thioether (sulfide) groups is 1. The summed E-state index contributed by atoms with van der Waals surface area (Å²) in [5.74, 6) is -7.20. The molecule has 4 aliphatic rings. The van der Waals surface area contributed by atoms with Crippen LogP contribution in [0, 0.1) is 40.6 Å². The summed E-state index contributed by atoms with van der Waals surface area (Å²) in [6.45, 7) is 23.4. The number of thiocarbonyl (C=S) groups is 1. The maximum absolute atomic E-state index is 15.9. The highest BCUT2D eigenvalue weighted by Crippen LogP contribution is 2.53. The lowest BCUT2D eigenvalue weighted by molar-refractivity contribution is -0.186. The number of carbonyl (C=O) groups excluding carboxylic acids is 6. The first-order valence-corrected chi connectivity index (χ1v) is 36.2. The molecule has 1 heterocycles. The van der Waals surface area contributed by atoms with Crippen molar-refractivity contribution < 1.29 is 78.9 Å². The van der Waals surface area contributed by atoms with E-state index >= 15 is 23.2 Å². The van der Waals surface area contributed by atoms with Crippen LogP contribution in [0.3, 0.4) is 0 Å². The summed E-state index contributed by atoms with van der Waals surface area (Å²) in [5, 5.41) is -1.20. The number of esters is 6. The van der Waals surface area contributed by atoms with Gasteiger partial charge in [-0.15, -0.1) is 11.8 Å². The van der Waals surface area contributed by atoms with Crippen LogP contribution in [0.25, 0.3) is 4.85 Å². The number of nitrogens with zero attached hydrogens (tertiary/aromatic N) is 1. The van der Waals surface area contributed by atoms with E-state index in [1.807, 2.05) is 13.8 Å². The molecule has 9 atom stereocenters. The minimum Gasteiger partial charge on any atom is -0.706 e. The third-order valence-electron chi connectivity index (χ3n) is 18.7. The van der Waals surface area contributed by atoms with Crippen molar-refractivity contribution in [2.45, 2.75) is 228 Å². The Bertz CT molecular complexity index is 3100. The quantitative estimate of drug-likeness (QED) is 0.0120. The Balaban J connectivity index is 0.000000663. The molecular weight excluding hydrogens is 1250 g/mol. The lowest BCUT2D eigenvalue weighted by Gasteiger charge is -2.44. The van der Waals surface area contributed by atoms with E-state index in [-0.39, 0.29) is 56.8 Å². The molecule has 0 bridgehead atoms. The Morgan fingerprint density at radius 3 is 1.71 bits per heavy atom. The maximum atomic E-state index is 15.9. The smallest absolute Gasteiger partial charge is 0.347 e. The first-order chi connectivity index (χ1) is 42.8. The zero-order chi connectivity index (χ0) is 67.1. The Labute approximate surface area is 548 Å². The van der Waals surface area contributed by atoms with Crippen molar-refractivity contribution >= 4 is 83.1 Å². The zero-order valence-electron chi connectivity index (χ0n) is 54.1. The summed E-state index contributed by atoms with van der Waals surface area (Å²) in [6, 6.07) is 24.0. The number of hydrogen-bond acceptors (Lipinski definition) is 17. The summed E-state index contributed by atoms with van der Waals surface area (Å²) in [7, 11) is -5.85. The number of rotatable bonds is 29. The van der Waals surface area contributed by atoms with E-state index in [2.05, 4.69) is 18.7 Å². The molecule has 1 saturated heterocycles. The van der Waals surface area contributed by atoms with Crippen LogP contribution in [0.2, 0.25) is 0 Å². The van der Waals surface area contributed by atoms with Crippen LogP contribution >= 0.6 is 24.0 Å². The fourth-order valence-electron chi connectivity index (χ4n) is 13.8. The Hall–Kier alpha value is -5.47. The first kappa shape index (κ1) is 74.6. The van der Waals surface area contributed by atoms with E-state index in [4.69, 9.17) is 47.2 Å². The van der Waals surface area contributed by atoms with Gasteiger partial charge in [-0.3, -0.25) is 24.0 Å². The van der Waals surface area contributed by atoms with Gasteiger partial charge in [-0.25, -0.2) is 11.4 Å². The third kappa shape index (κ3) is 20.5. The largest absolute Gasteiger partial charge is 0.706 e. The molecule has 9 unspecified atom stereocenters. The summed E-state index contributed by atoms with van der Waals surface area (Å²) in [5.41, 5.74) is -9.16. The molecule has 500 valence electrons. The number of cyclic esters (lactones) is 1. The van der Waals surface area contributed by atoms with Crippen molar-refractivity contribution in [2.24, 2.45) is 34.0 Å². The Kier molecular flexibility index (Phi) is 26.3. The molecule has 3 aromatic rings. The average Bonchev–Trinajstić information content (AvgIpc) is 1.98. The fourth-order valence-corrected chi connectivity index (χ4v) is 18.8. The number of carbonyl (C=O) groups is 6. The van der Waals surface area contributed by atoms with Crippen LogP contribution in [0.5, 0.6) is 0 Å². The Morgan fingerprint density at radius 2 is 1.26 bits per heavy atom. The minimum absolute atomic E-state index is 0.0600. The molecule has 91 heavy (non-hydrogen) atoms. The van der Waals surface area contributed by atoms with Gasteiger partial charge in [-0.2, -0.15) is 17.2 Å². The predicted octanol–water partition coefficient (Wildman–Crippen LogP) is 14.6. The predicted molar refractivity (Wildman–Crippen MR) is 347 cm³/mol. The van der Waals surface area contributed by atoms with Gasteiger partial charge in [0.1, 0.15) is 16.5 Å². The second-order valence-corrected chi connectivity index (χ2v) is 33.5. The standard InChI is InChI=1S/C57H81F2NO12S2.C12H10O3S2/c1-11-55(24-16-17-25-55)71-49(65)51(6,32-44(74-40(5)73)47(63)70-43-23-29-67-46(43)62)34-52(7,50(66)72-56(12-2)26-18-19-27-56)35-53(8,48(64)69-37-57(58,59)42-20-14-13-15-21-42)36-54(9,60-10)28-22-45(61)68-33-41-31-38(3)30-39(41)4;13-17(14,15)16(11-7-3-1-4-8-11)12-9-5-2-6-10-12/h13-15,20-21,38-39,41,43-44H,11-12,16-19,22-37H2,1-9H3;1-10H. The highest BCUT2D eigenvalue weighted by Gasteiger charge is 2.58. The van der Waals surface area contributed by atoms with Crippen molar-refractivity contribution in [3.8, 4) is 0 Å². The van der Waals surface area contributed by atoms with Gasteiger partial charge in [0.2, 0.25) is 11.6 Å². The number of ether oxygens (including phenoxy) is 6. The van der Waals surface area contributed by atoms with Crippen LogP contribution < -0.4 is 0 Å². The second kappa shape index (κ2) is 32.1. The molecule has 0 amide bonds. The van der Waals surface area contributed by atoms with Gasteiger partial charge in [0.15, 0.2) is 26.3 Å². The van der Waals surface area contributed by atoms with Gasteiger partial charge in [0, 0.05) is 35.9 Å². The minimum atomic E-state index is -4.39. The van der Waals surface area contributed by atoms with Crippen LogP contribution in [0.4, 0.5) is 8.78 Å². The van der Waals surface area contributed by atoms with Gasteiger partial charge >= 0.3 is 41.7 Å². The van der Waals surface area contributed by atoms with E-state index in [0.29, 0.717) is 64.3 Å². The van der Waals surface area contributed by atoms with Crippen molar-refractivity contribution in [3.63, 3.8) is 0 Å². The summed E-state index contributed by atoms with van der Waals surface area (Å²) in [4.78, 5) is 91.1. The molecule has 3 aliphatic carbocycles. The molecular formula is C69H91F2NO15S4. The first-order valence-electron chi connectivity index (χ1n) is 31.7. The van der Waals surface area contributed by atoms with Crippen molar-refractivity contribution in [1.29, 1.82) is 0 Å². The normalized spacial score (nSPS) is 22.4. The van der Waals surface area contributed by atoms with Crippen LogP contribution in [0.15, 0.2) is 101 Å². The van der Waals surface area contributed by atoms with Crippen molar-refractivity contribution in [3.05, 3.63) is 108 Å². The molecule has 3 saturated carbocycles. The number of alkyl halides is 2. The van der Waals surface area contributed by atoms with Crippen LogP contribution in [0.1, 0.15) is 190 Å². The summed E-state index contributed by atoms with van der Waals surface area (Å²) >= 11 is 6.47. The molecule has 3 aromatic carbocycles. The van der Waals surface area contributed by atoms with E-state index < -0.39 is 125 Å². The molecule has 0 radical (unpaired) electrons. The SMILES string of the molecule is O=S(=O)([O-])[S+](c1ccccc1)c1ccccc1.[C-]#[N+]C(C)(CCC(=O)OCC1CC(C)CC1C)CC(C)(CC(C)(CC(C)(CC(SC(C)=S)C(=O)OC1CCOC1=O)C(=O)OC1(CC)CCCC1)C(=O)OC1(CC)CCCC1)C(=O)OCC(F)(F)c1ccccc1. The van der Waals surface area contributed by atoms with E-state index in [9.17, 15) is 27.4 Å². The monoisotopic (exact) mass is 1340 g/mol. The summed E-state index contributed by atoms with van der Waals surface area (Å²) in [6.07, 6.45) is 5.59. The van der Waals surface area contributed by atoms with E-state index in [0.717, 1.165) is 50.3 Å². The van der Waals surface area contributed by atoms with Crippen LogP contribution in [-0.2, 0) is 82.2 Å². The Morgan fingerprint density at radius 1 is 0.769 bits per heavy atom. The topological polar surface area (TPSA) is 219 Å². The van der Waals surface area contributed by atoms with E-state index in [1.54, 1.807) is 94.4 Å². The van der Waals surface area contributed by atoms with Gasteiger partial charge < -0.3 is 37.8 Å². The molecule has 0 aromatic heterocycles. The number of halogens is 2. The lowest BCUT2D eigenvalue weighted by Crippen LogP contribution is -2.50. The molecule has 1 aliphatic heterocycles. The number of hydrogen-bond donors (Lipinski definition) is 0. The molecule has 22 heteroatoms. The second-order valence-electron chi connectivity index (χ2n) is 26.7. The third-order valence-corrected chi connectivity index (χ3v) is 24.1. The average molecular weight is 1340 g/mol. The molecule has 0 N–H and O–H groups in total. The lowest BCUT2D eigenvalue weighted by atomic mass is 9.61. The highest BCUT2D eigenvalue weighted by atomic mass is 33.2. The highest BCUT2D eigenvalue weighted by molar-refractivity contribution is 8.67. The summed E-state index contributed by atoms with van der Waals surface area (Å²) < 4.78 is 102. The zero-order valence-corrected chi connectivity index (χ0v) is 57.3. The van der Waals surface area contributed by atoms with Gasteiger partial charge in [0.05, 0.1) is 35.9 Å².